The Kier molecular flexibility index (Phi) is 5.21. The summed E-state index contributed by atoms with van der Waals surface area (Å²) in [5.41, 5.74) is 4.40. The molecule has 4 heteroatoms. The maximum absolute atomic E-state index is 11.2. The van der Waals surface area contributed by atoms with Crippen molar-refractivity contribution in [3.05, 3.63) is 59.7 Å². The Bertz CT molecular complexity index is 576. The van der Waals surface area contributed by atoms with Crippen LogP contribution in [0, 0.1) is 0 Å². The molecule has 2 aromatic rings. The zero-order valence-corrected chi connectivity index (χ0v) is 12.4. The van der Waals surface area contributed by atoms with E-state index in [0.717, 1.165) is 24.3 Å². The van der Waals surface area contributed by atoms with Gasteiger partial charge in [0.25, 0.3) is 0 Å². The number of urea groups is 1. The van der Waals surface area contributed by atoms with E-state index in [1.54, 1.807) is 7.05 Å². The molecule has 0 saturated heterocycles. The van der Waals surface area contributed by atoms with E-state index in [4.69, 9.17) is 0 Å². The van der Waals surface area contributed by atoms with Crippen molar-refractivity contribution in [1.82, 2.24) is 5.32 Å². The summed E-state index contributed by atoms with van der Waals surface area (Å²) in [6.07, 6.45) is 1.06. The third kappa shape index (κ3) is 4.53. The first-order valence-electron chi connectivity index (χ1n) is 7.11. The highest BCUT2D eigenvalue weighted by molar-refractivity contribution is 5.89. The van der Waals surface area contributed by atoms with E-state index in [2.05, 4.69) is 47.1 Å². The van der Waals surface area contributed by atoms with Crippen molar-refractivity contribution in [1.29, 1.82) is 0 Å². The number of benzene rings is 2. The molecule has 0 bridgehead atoms. The first-order chi connectivity index (χ1) is 10.2. The van der Waals surface area contributed by atoms with E-state index in [0.29, 0.717) is 0 Å². The molecule has 0 aliphatic rings. The molecule has 110 valence electrons. The quantitative estimate of drug-likeness (QED) is 0.785. The third-order valence-corrected chi connectivity index (χ3v) is 3.30. The molecule has 0 heterocycles. The highest BCUT2D eigenvalue weighted by atomic mass is 16.2. The Morgan fingerprint density at radius 1 is 0.905 bits per heavy atom. The van der Waals surface area contributed by atoms with E-state index in [-0.39, 0.29) is 6.03 Å². The second kappa shape index (κ2) is 7.33. The van der Waals surface area contributed by atoms with E-state index in [1.807, 2.05) is 24.3 Å². The van der Waals surface area contributed by atoms with Gasteiger partial charge in [-0.1, -0.05) is 31.2 Å². The lowest BCUT2D eigenvalue weighted by Crippen LogP contribution is -2.24. The summed E-state index contributed by atoms with van der Waals surface area (Å²) in [4.78, 5) is 11.2. The molecular weight excluding hydrogens is 262 g/mol. The molecule has 0 aliphatic carbocycles. The van der Waals surface area contributed by atoms with Crippen LogP contribution < -0.4 is 16.0 Å². The summed E-state index contributed by atoms with van der Waals surface area (Å²) >= 11 is 0. The van der Waals surface area contributed by atoms with Crippen LogP contribution in [0.5, 0.6) is 0 Å². The highest BCUT2D eigenvalue weighted by Crippen LogP contribution is 2.15. The van der Waals surface area contributed by atoms with Crippen LogP contribution >= 0.6 is 0 Å². The van der Waals surface area contributed by atoms with Crippen LogP contribution in [-0.2, 0) is 13.0 Å². The normalized spacial score (nSPS) is 10.0. The van der Waals surface area contributed by atoms with Crippen molar-refractivity contribution < 1.29 is 4.79 Å². The number of aryl methyl sites for hydroxylation is 1. The lowest BCUT2D eigenvalue weighted by molar-refractivity contribution is 0.254. The Hall–Kier alpha value is -2.49. The van der Waals surface area contributed by atoms with Crippen LogP contribution in [0.1, 0.15) is 18.1 Å². The molecule has 21 heavy (non-hydrogen) atoms. The number of rotatable bonds is 5. The van der Waals surface area contributed by atoms with Gasteiger partial charge < -0.3 is 16.0 Å². The Morgan fingerprint density at radius 3 is 2.05 bits per heavy atom. The van der Waals surface area contributed by atoms with Gasteiger partial charge in [-0.05, 0) is 41.8 Å². The molecule has 0 aliphatic heterocycles. The van der Waals surface area contributed by atoms with Gasteiger partial charge in [0.1, 0.15) is 0 Å². The number of hydrogen-bond donors (Lipinski definition) is 3. The third-order valence-electron chi connectivity index (χ3n) is 3.30. The minimum atomic E-state index is -0.216. The van der Waals surface area contributed by atoms with Crippen LogP contribution in [0.4, 0.5) is 16.2 Å². The summed E-state index contributed by atoms with van der Waals surface area (Å²) in [7, 11) is 1.59. The zero-order chi connectivity index (χ0) is 15.1. The average Bonchev–Trinajstić information content (AvgIpc) is 2.54. The molecule has 0 spiro atoms. The molecule has 2 rings (SSSR count). The monoisotopic (exact) mass is 283 g/mol. The van der Waals surface area contributed by atoms with Crippen LogP contribution in [0.15, 0.2) is 48.5 Å². The number of amides is 2. The summed E-state index contributed by atoms with van der Waals surface area (Å²) in [5.74, 6) is 0. The van der Waals surface area contributed by atoms with E-state index in [1.165, 1.54) is 11.1 Å². The van der Waals surface area contributed by atoms with E-state index in [9.17, 15) is 4.79 Å². The van der Waals surface area contributed by atoms with Gasteiger partial charge in [-0.25, -0.2) is 4.79 Å². The SMILES string of the molecule is CCc1ccc(CNc2ccc(NC(=O)NC)cc2)cc1. The average molecular weight is 283 g/mol. The number of anilines is 2. The molecule has 2 amide bonds. The van der Waals surface area contributed by atoms with Gasteiger partial charge in [-0.3, -0.25) is 0 Å². The summed E-state index contributed by atoms with van der Waals surface area (Å²) in [6.45, 7) is 2.94. The largest absolute Gasteiger partial charge is 0.381 e. The first-order valence-corrected chi connectivity index (χ1v) is 7.11. The van der Waals surface area contributed by atoms with E-state index >= 15 is 0 Å². The number of carbonyl (C=O) groups is 1. The fraction of sp³-hybridized carbons (Fsp3) is 0.235. The number of carbonyl (C=O) groups excluding carboxylic acids is 1. The minimum Gasteiger partial charge on any atom is -0.381 e. The first kappa shape index (κ1) is 14.9. The lowest BCUT2D eigenvalue weighted by atomic mass is 10.1. The van der Waals surface area contributed by atoms with Crippen molar-refractivity contribution in [2.24, 2.45) is 0 Å². The summed E-state index contributed by atoms with van der Waals surface area (Å²) < 4.78 is 0. The molecule has 0 radical (unpaired) electrons. The molecule has 0 aromatic heterocycles. The van der Waals surface area contributed by atoms with Crippen molar-refractivity contribution in [3.8, 4) is 0 Å². The second-order valence-electron chi connectivity index (χ2n) is 4.81. The molecule has 0 unspecified atom stereocenters. The number of nitrogens with one attached hydrogen (secondary N) is 3. The van der Waals surface area contributed by atoms with Crippen molar-refractivity contribution >= 4 is 17.4 Å². The topological polar surface area (TPSA) is 53.2 Å². The predicted octanol–water partition coefficient (Wildman–Crippen LogP) is 3.61. The van der Waals surface area contributed by atoms with Gasteiger partial charge in [0.2, 0.25) is 0 Å². The zero-order valence-electron chi connectivity index (χ0n) is 12.4. The van der Waals surface area contributed by atoms with Crippen molar-refractivity contribution in [2.45, 2.75) is 19.9 Å². The smallest absolute Gasteiger partial charge is 0.318 e. The Balaban J connectivity index is 1.89. The number of hydrogen-bond acceptors (Lipinski definition) is 2. The molecule has 0 saturated carbocycles. The van der Waals surface area contributed by atoms with Crippen LogP contribution in [0.3, 0.4) is 0 Å². The van der Waals surface area contributed by atoms with Crippen LogP contribution in [0.2, 0.25) is 0 Å². The van der Waals surface area contributed by atoms with E-state index < -0.39 is 0 Å². The standard InChI is InChI=1S/C17H21N3O/c1-3-13-4-6-14(7-5-13)12-19-15-8-10-16(11-9-15)20-17(21)18-2/h4-11,19H,3,12H2,1-2H3,(H2,18,20,21). The fourth-order valence-corrected chi connectivity index (χ4v) is 1.96. The van der Waals surface area contributed by atoms with Gasteiger partial charge in [0.15, 0.2) is 0 Å². The maximum Gasteiger partial charge on any atom is 0.318 e. The van der Waals surface area contributed by atoms with Gasteiger partial charge in [-0.15, -0.1) is 0 Å². The van der Waals surface area contributed by atoms with Crippen LogP contribution in [-0.4, -0.2) is 13.1 Å². The molecule has 3 N–H and O–H groups in total. The highest BCUT2D eigenvalue weighted by Gasteiger charge is 1.99. The molecule has 2 aromatic carbocycles. The molecular formula is C17H21N3O. The fourth-order valence-electron chi connectivity index (χ4n) is 1.96. The predicted molar refractivity (Wildman–Crippen MR) is 87.7 cm³/mol. The second-order valence-corrected chi connectivity index (χ2v) is 4.81. The van der Waals surface area contributed by atoms with Gasteiger partial charge in [0, 0.05) is 25.0 Å². The van der Waals surface area contributed by atoms with Gasteiger partial charge in [0.05, 0.1) is 0 Å². The Labute approximate surface area is 125 Å². The van der Waals surface area contributed by atoms with Crippen LogP contribution in [0.25, 0.3) is 0 Å². The van der Waals surface area contributed by atoms with Crippen molar-refractivity contribution in [3.63, 3.8) is 0 Å². The summed E-state index contributed by atoms with van der Waals surface area (Å²) in [5, 5.41) is 8.61. The van der Waals surface area contributed by atoms with Gasteiger partial charge in [-0.2, -0.15) is 0 Å². The summed E-state index contributed by atoms with van der Waals surface area (Å²) in [6, 6.07) is 16.0. The molecule has 0 atom stereocenters. The van der Waals surface area contributed by atoms with Crippen molar-refractivity contribution in [2.75, 3.05) is 17.7 Å². The Morgan fingerprint density at radius 2 is 1.48 bits per heavy atom. The maximum atomic E-state index is 11.2. The lowest BCUT2D eigenvalue weighted by Gasteiger charge is -2.09. The minimum absolute atomic E-state index is 0.216. The molecule has 0 fully saturated rings. The van der Waals surface area contributed by atoms with Gasteiger partial charge >= 0.3 is 6.03 Å². The molecule has 4 nitrogen and oxygen atoms in total.